The number of nitrogens with one attached hydrogen (secondary N) is 1. The molecule has 1 rings (SSSR count). The Labute approximate surface area is 118 Å². The zero-order valence-electron chi connectivity index (χ0n) is 13.0. The third kappa shape index (κ3) is 5.49. The van der Waals surface area contributed by atoms with Crippen LogP contribution < -0.4 is 11.1 Å². The Morgan fingerprint density at radius 3 is 2.32 bits per heavy atom. The summed E-state index contributed by atoms with van der Waals surface area (Å²) in [5.74, 6) is 0.142. The minimum absolute atomic E-state index is 0.106. The van der Waals surface area contributed by atoms with Crippen molar-refractivity contribution in [2.45, 2.75) is 77.4 Å². The van der Waals surface area contributed by atoms with Crippen LogP contribution in [0.4, 0.5) is 0 Å². The van der Waals surface area contributed by atoms with Gasteiger partial charge in [0.15, 0.2) is 0 Å². The van der Waals surface area contributed by atoms with Gasteiger partial charge in [0, 0.05) is 17.6 Å². The topological polar surface area (TPSA) is 58.4 Å². The van der Waals surface area contributed by atoms with E-state index in [9.17, 15) is 4.79 Å². The second-order valence-corrected chi connectivity index (χ2v) is 6.42. The fourth-order valence-electron chi connectivity index (χ4n) is 2.66. The van der Waals surface area contributed by atoms with E-state index in [0.29, 0.717) is 18.6 Å². The number of nitrogens with two attached hydrogens (primary N) is 1. The molecule has 0 spiro atoms. The molecule has 112 valence electrons. The van der Waals surface area contributed by atoms with E-state index >= 15 is 0 Å². The lowest BCUT2D eigenvalue weighted by atomic mass is 9.90. The molecule has 4 nitrogen and oxygen atoms in total. The summed E-state index contributed by atoms with van der Waals surface area (Å²) in [5.41, 5.74) is 5.84. The molecular weight excluding hydrogens is 238 g/mol. The van der Waals surface area contributed by atoms with Crippen molar-refractivity contribution < 1.29 is 4.79 Å². The van der Waals surface area contributed by atoms with Crippen molar-refractivity contribution in [2.75, 3.05) is 13.1 Å². The van der Waals surface area contributed by atoms with Gasteiger partial charge >= 0.3 is 0 Å². The normalized spacial score (nSPS) is 24.5. The van der Waals surface area contributed by atoms with Crippen molar-refractivity contribution in [3.05, 3.63) is 0 Å². The van der Waals surface area contributed by atoms with E-state index in [1.807, 2.05) is 0 Å². The van der Waals surface area contributed by atoms with Crippen LogP contribution in [0.1, 0.15) is 59.8 Å². The van der Waals surface area contributed by atoms with Gasteiger partial charge in [0.2, 0.25) is 5.91 Å². The van der Waals surface area contributed by atoms with Crippen LogP contribution in [0, 0.1) is 0 Å². The van der Waals surface area contributed by atoms with Crippen molar-refractivity contribution in [3.63, 3.8) is 0 Å². The molecule has 0 radical (unpaired) electrons. The predicted octanol–water partition coefficient (Wildman–Crippen LogP) is 1.88. The summed E-state index contributed by atoms with van der Waals surface area (Å²) in [4.78, 5) is 14.4. The number of rotatable bonds is 6. The summed E-state index contributed by atoms with van der Waals surface area (Å²) in [7, 11) is 0. The fourth-order valence-corrected chi connectivity index (χ4v) is 2.66. The molecule has 1 aliphatic rings. The van der Waals surface area contributed by atoms with Crippen LogP contribution in [0.3, 0.4) is 0 Å². The van der Waals surface area contributed by atoms with Crippen molar-refractivity contribution >= 4 is 5.91 Å². The zero-order chi connectivity index (χ0) is 14.5. The summed E-state index contributed by atoms with van der Waals surface area (Å²) in [6.07, 6.45) is 5.37. The van der Waals surface area contributed by atoms with E-state index in [4.69, 9.17) is 5.73 Å². The van der Waals surface area contributed by atoms with E-state index < -0.39 is 0 Å². The molecule has 4 heteroatoms. The van der Waals surface area contributed by atoms with Crippen LogP contribution in [-0.4, -0.2) is 41.5 Å². The molecule has 0 atom stereocenters. The molecular formula is C15H31N3O. The monoisotopic (exact) mass is 269 g/mol. The number of nitrogens with zero attached hydrogens (tertiary/aromatic N) is 1. The number of likely N-dealkylation sites (N-methyl/N-ethyl adjacent to an activating group) is 1. The van der Waals surface area contributed by atoms with Crippen LogP contribution in [0.5, 0.6) is 0 Å². The Morgan fingerprint density at radius 2 is 1.84 bits per heavy atom. The first-order chi connectivity index (χ1) is 8.88. The molecule has 1 amide bonds. The van der Waals surface area contributed by atoms with Crippen LogP contribution in [0.25, 0.3) is 0 Å². The van der Waals surface area contributed by atoms with Gasteiger partial charge < -0.3 is 11.1 Å². The Balaban J connectivity index is 2.45. The largest absolute Gasteiger partial charge is 0.350 e. The van der Waals surface area contributed by atoms with Gasteiger partial charge in [-0.15, -0.1) is 0 Å². The summed E-state index contributed by atoms with van der Waals surface area (Å²) in [5, 5.41) is 3.11. The lowest BCUT2D eigenvalue weighted by Gasteiger charge is -2.35. The number of hydrogen-bond donors (Lipinski definition) is 2. The average Bonchev–Trinajstić information content (AvgIpc) is 2.36. The summed E-state index contributed by atoms with van der Waals surface area (Å²) < 4.78 is 0. The highest BCUT2D eigenvalue weighted by molar-refractivity contribution is 5.78. The minimum Gasteiger partial charge on any atom is -0.350 e. The van der Waals surface area contributed by atoms with Crippen LogP contribution in [0.2, 0.25) is 0 Å². The van der Waals surface area contributed by atoms with E-state index in [0.717, 1.165) is 38.6 Å². The molecule has 0 aromatic heterocycles. The first-order valence-electron chi connectivity index (χ1n) is 7.68. The van der Waals surface area contributed by atoms with Gasteiger partial charge in [0.05, 0.1) is 6.54 Å². The smallest absolute Gasteiger partial charge is 0.234 e. The standard InChI is InChI=1S/C15H31N3O/c1-5-15(3,4)17-14(19)11-18(6-2)13-9-7-12(16)8-10-13/h12-13H,5-11,16H2,1-4H3,(H,17,19). The van der Waals surface area contributed by atoms with Crippen molar-refractivity contribution in [1.82, 2.24) is 10.2 Å². The maximum absolute atomic E-state index is 12.1. The molecule has 1 aliphatic carbocycles. The average molecular weight is 269 g/mol. The fraction of sp³-hybridized carbons (Fsp3) is 0.933. The van der Waals surface area contributed by atoms with Crippen molar-refractivity contribution in [3.8, 4) is 0 Å². The van der Waals surface area contributed by atoms with E-state index in [1.165, 1.54) is 0 Å². The van der Waals surface area contributed by atoms with E-state index in [1.54, 1.807) is 0 Å². The molecule has 0 aliphatic heterocycles. The Bertz CT molecular complexity index is 283. The zero-order valence-corrected chi connectivity index (χ0v) is 13.0. The van der Waals surface area contributed by atoms with Crippen molar-refractivity contribution in [2.24, 2.45) is 5.73 Å². The Kier molecular flexibility index (Phi) is 6.27. The maximum Gasteiger partial charge on any atom is 0.234 e. The van der Waals surface area contributed by atoms with Crippen LogP contribution in [-0.2, 0) is 4.79 Å². The summed E-state index contributed by atoms with van der Waals surface area (Å²) in [6, 6.07) is 0.892. The first-order valence-corrected chi connectivity index (χ1v) is 7.68. The lowest BCUT2D eigenvalue weighted by Crippen LogP contribution is -2.50. The van der Waals surface area contributed by atoms with Crippen molar-refractivity contribution in [1.29, 1.82) is 0 Å². The van der Waals surface area contributed by atoms with Gasteiger partial charge in [0.25, 0.3) is 0 Å². The van der Waals surface area contributed by atoms with Gasteiger partial charge in [-0.05, 0) is 52.5 Å². The summed E-state index contributed by atoms with van der Waals surface area (Å²) in [6.45, 7) is 9.81. The van der Waals surface area contributed by atoms with Gasteiger partial charge in [-0.2, -0.15) is 0 Å². The second kappa shape index (κ2) is 7.25. The highest BCUT2D eigenvalue weighted by atomic mass is 16.2. The highest BCUT2D eigenvalue weighted by Crippen LogP contribution is 2.21. The second-order valence-electron chi connectivity index (χ2n) is 6.42. The third-order valence-electron chi connectivity index (χ3n) is 4.37. The predicted molar refractivity (Wildman–Crippen MR) is 80.0 cm³/mol. The minimum atomic E-state index is -0.106. The molecule has 19 heavy (non-hydrogen) atoms. The maximum atomic E-state index is 12.1. The third-order valence-corrected chi connectivity index (χ3v) is 4.37. The number of carbonyl (C=O) groups excluding carboxylic acids is 1. The van der Waals surface area contributed by atoms with Crippen LogP contribution in [0.15, 0.2) is 0 Å². The Morgan fingerprint density at radius 1 is 1.26 bits per heavy atom. The van der Waals surface area contributed by atoms with Gasteiger partial charge in [-0.3, -0.25) is 9.69 Å². The molecule has 0 aromatic carbocycles. The van der Waals surface area contributed by atoms with Crippen LogP contribution >= 0.6 is 0 Å². The number of amides is 1. The quantitative estimate of drug-likeness (QED) is 0.774. The molecule has 0 heterocycles. The molecule has 0 saturated heterocycles. The molecule has 0 bridgehead atoms. The SMILES string of the molecule is CCN(CC(=O)NC(C)(C)CC)C1CCC(N)CC1. The van der Waals surface area contributed by atoms with Gasteiger partial charge in [-0.1, -0.05) is 13.8 Å². The number of carbonyl (C=O) groups is 1. The van der Waals surface area contributed by atoms with Gasteiger partial charge in [-0.25, -0.2) is 0 Å². The number of hydrogen-bond acceptors (Lipinski definition) is 3. The first kappa shape index (κ1) is 16.4. The van der Waals surface area contributed by atoms with E-state index in [2.05, 4.69) is 37.9 Å². The van der Waals surface area contributed by atoms with E-state index in [-0.39, 0.29) is 11.4 Å². The molecule has 0 unspecified atom stereocenters. The lowest BCUT2D eigenvalue weighted by molar-refractivity contribution is -0.124. The molecule has 0 aromatic rings. The van der Waals surface area contributed by atoms with Gasteiger partial charge in [0.1, 0.15) is 0 Å². The molecule has 1 saturated carbocycles. The Hall–Kier alpha value is -0.610. The summed E-state index contributed by atoms with van der Waals surface area (Å²) >= 11 is 0. The highest BCUT2D eigenvalue weighted by Gasteiger charge is 2.26. The molecule has 3 N–H and O–H groups in total. The molecule has 1 fully saturated rings.